The lowest BCUT2D eigenvalue weighted by molar-refractivity contribution is -0.121. The van der Waals surface area contributed by atoms with Crippen molar-refractivity contribution in [2.24, 2.45) is 0 Å². The largest absolute Gasteiger partial charge is 0.454 e. The van der Waals surface area contributed by atoms with Crippen molar-refractivity contribution in [1.82, 2.24) is 10.0 Å². The van der Waals surface area contributed by atoms with E-state index in [2.05, 4.69) is 10.0 Å². The molecule has 2 aromatic carbocycles. The Kier molecular flexibility index (Phi) is 5.67. The summed E-state index contributed by atoms with van der Waals surface area (Å²) in [5, 5.41) is 2.76. The van der Waals surface area contributed by atoms with Gasteiger partial charge in [0.25, 0.3) is 0 Å². The molecule has 144 valence electrons. The van der Waals surface area contributed by atoms with Crippen LogP contribution in [0.1, 0.15) is 23.1 Å². The minimum absolute atomic E-state index is 0.0304. The van der Waals surface area contributed by atoms with Gasteiger partial charge in [-0.25, -0.2) is 13.1 Å². The van der Waals surface area contributed by atoms with Crippen molar-refractivity contribution in [2.45, 2.75) is 31.7 Å². The Labute approximate surface area is 158 Å². The topological polar surface area (TPSA) is 93.7 Å². The molecular weight excluding hydrogens is 368 g/mol. The number of amides is 1. The van der Waals surface area contributed by atoms with Crippen LogP contribution >= 0.6 is 0 Å². The van der Waals surface area contributed by atoms with Gasteiger partial charge in [-0.05, 0) is 43.2 Å². The van der Waals surface area contributed by atoms with Crippen LogP contribution in [0.4, 0.5) is 0 Å². The molecule has 1 aliphatic rings. The smallest absolute Gasteiger partial charge is 0.240 e. The third kappa shape index (κ3) is 4.78. The fraction of sp³-hybridized carbons (Fsp3) is 0.316. The third-order valence-electron chi connectivity index (χ3n) is 4.19. The first-order valence-corrected chi connectivity index (χ1v) is 10.1. The molecule has 0 spiro atoms. The second kappa shape index (κ2) is 7.98. The van der Waals surface area contributed by atoms with E-state index >= 15 is 0 Å². The first-order chi connectivity index (χ1) is 12.8. The molecule has 0 atom stereocenters. The van der Waals surface area contributed by atoms with Gasteiger partial charge in [0.05, 0.1) is 4.90 Å². The lowest BCUT2D eigenvalue weighted by Gasteiger charge is -2.10. The normalized spacial score (nSPS) is 12.8. The van der Waals surface area contributed by atoms with Crippen LogP contribution in [-0.4, -0.2) is 27.7 Å². The number of nitrogens with one attached hydrogen (secondary N) is 2. The van der Waals surface area contributed by atoms with E-state index in [-0.39, 0.29) is 30.6 Å². The summed E-state index contributed by atoms with van der Waals surface area (Å²) in [5.41, 5.74) is 2.55. The molecule has 2 N–H and O–H groups in total. The zero-order chi connectivity index (χ0) is 19.4. The molecule has 0 bridgehead atoms. The monoisotopic (exact) mass is 390 g/mol. The van der Waals surface area contributed by atoms with Gasteiger partial charge in [0, 0.05) is 19.5 Å². The molecule has 1 aliphatic heterocycles. The van der Waals surface area contributed by atoms with Gasteiger partial charge >= 0.3 is 0 Å². The van der Waals surface area contributed by atoms with Crippen LogP contribution in [0.3, 0.4) is 0 Å². The molecule has 0 saturated carbocycles. The van der Waals surface area contributed by atoms with Crippen molar-refractivity contribution in [3.05, 3.63) is 53.1 Å². The Balaban J connectivity index is 1.47. The maximum Gasteiger partial charge on any atom is 0.240 e. The van der Waals surface area contributed by atoms with Crippen LogP contribution < -0.4 is 19.5 Å². The predicted octanol–water partition coefficient (Wildman–Crippen LogP) is 2.02. The molecule has 0 aromatic heterocycles. The number of hydrogen-bond acceptors (Lipinski definition) is 5. The minimum atomic E-state index is -3.64. The molecule has 0 unspecified atom stereocenters. The van der Waals surface area contributed by atoms with Gasteiger partial charge in [-0.15, -0.1) is 0 Å². The Morgan fingerprint density at radius 3 is 2.63 bits per heavy atom. The van der Waals surface area contributed by atoms with Crippen LogP contribution in [0.25, 0.3) is 0 Å². The van der Waals surface area contributed by atoms with Gasteiger partial charge in [0.2, 0.25) is 22.7 Å². The minimum Gasteiger partial charge on any atom is -0.454 e. The number of benzene rings is 2. The molecule has 27 heavy (non-hydrogen) atoms. The van der Waals surface area contributed by atoms with Gasteiger partial charge < -0.3 is 14.8 Å². The van der Waals surface area contributed by atoms with Crippen LogP contribution in [0, 0.1) is 13.8 Å². The van der Waals surface area contributed by atoms with Crippen molar-refractivity contribution in [2.75, 3.05) is 13.3 Å². The van der Waals surface area contributed by atoms with E-state index in [1.807, 2.05) is 25.1 Å². The number of fused-ring (bicyclic) bond motifs is 1. The zero-order valence-electron chi connectivity index (χ0n) is 15.2. The Morgan fingerprint density at radius 1 is 1.07 bits per heavy atom. The van der Waals surface area contributed by atoms with Gasteiger partial charge in [-0.1, -0.05) is 23.8 Å². The molecule has 8 heteroatoms. The first kappa shape index (κ1) is 19.2. The van der Waals surface area contributed by atoms with E-state index in [9.17, 15) is 13.2 Å². The predicted molar refractivity (Wildman–Crippen MR) is 100 cm³/mol. The first-order valence-electron chi connectivity index (χ1n) is 8.57. The van der Waals surface area contributed by atoms with Crippen LogP contribution in [0.2, 0.25) is 0 Å². The lowest BCUT2D eigenvalue weighted by Crippen LogP contribution is -2.30. The van der Waals surface area contributed by atoms with Crippen molar-refractivity contribution in [3.63, 3.8) is 0 Å². The summed E-state index contributed by atoms with van der Waals surface area (Å²) >= 11 is 0. The molecule has 0 radical (unpaired) electrons. The average Bonchev–Trinajstić information content (AvgIpc) is 3.07. The van der Waals surface area contributed by atoms with Crippen molar-refractivity contribution in [1.29, 1.82) is 0 Å². The summed E-state index contributed by atoms with van der Waals surface area (Å²) in [6.45, 7) is 4.22. The van der Waals surface area contributed by atoms with Crippen LogP contribution in [0.5, 0.6) is 11.5 Å². The van der Waals surface area contributed by atoms with Crippen molar-refractivity contribution >= 4 is 15.9 Å². The van der Waals surface area contributed by atoms with Gasteiger partial charge in [0.1, 0.15) is 0 Å². The summed E-state index contributed by atoms with van der Waals surface area (Å²) in [4.78, 5) is 12.2. The van der Waals surface area contributed by atoms with E-state index in [1.165, 1.54) is 0 Å². The molecule has 0 saturated heterocycles. The maximum atomic E-state index is 12.4. The number of ether oxygens (including phenoxy) is 2. The highest BCUT2D eigenvalue weighted by Gasteiger charge is 2.17. The molecule has 0 aliphatic carbocycles. The average molecular weight is 390 g/mol. The quantitative estimate of drug-likeness (QED) is 0.754. The molecule has 2 aromatic rings. The second-order valence-corrected chi connectivity index (χ2v) is 8.12. The second-order valence-electron chi connectivity index (χ2n) is 6.38. The van der Waals surface area contributed by atoms with Crippen molar-refractivity contribution in [3.8, 4) is 11.5 Å². The van der Waals surface area contributed by atoms with Crippen LogP contribution in [0.15, 0.2) is 41.3 Å². The summed E-state index contributed by atoms with van der Waals surface area (Å²) in [6.07, 6.45) is 0.0503. The number of hydrogen-bond donors (Lipinski definition) is 2. The fourth-order valence-electron chi connectivity index (χ4n) is 2.82. The molecule has 1 amide bonds. The van der Waals surface area contributed by atoms with E-state index in [1.54, 1.807) is 25.1 Å². The summed E-state index contributed by atoms with van der Waals surface area (Å²) < 4.78 is 37.7. The fourth-order valence-corrected chi connectivity index (χ4v) is 4.07. The highest BCUT2D eigenvalue weighted by atomic mass is 32.2. The number of carbonyl (C=O) groups is 1. The Hall–Kier alpha value is -2.58. The number of rotatable bonds is 7. The third-order valence-corrected chi connectivity index (χ3v) is 5.81. The standard InChI is InChI=1S/C19H22N2O5S/c1-13-3-6-18(14(2)9-13)27(23,24)21-8-7-19(22)20-11-15-4-5-16-17(10-15)26-12-25-16/h3-6,9-10,21H,7-8,11-12H2,1-2H3,(H,20,22). The SMILES string of the molecule is Cc1ccc(S(=O)(=O)NCCC(=O)NCc2ccc3c(c2)OCO3)c(C)c1. The van der Waals surface area contributed by atoms with E-state index < -0.39 is 10.0 Å². The lowest BCUT2D eigenvalue weighted by atomic mass is 10.2. The molecule has 1 heterocycles. The number of carbonyl (C=O) groups excluding carboxylic acids is 1. The van der Waals surface area contributed by atoms with Gasteiger partial charge in [-0.2, -0.15) is 0 Å². The highest BCUT2D eigenvalue weighted by molar-refractivity contribution is 7.89. The van der Waals surface area contributed by atoms with Gasteiger partial charge in [0.15, 0.2) is 11.5 Å². The van der Waals surface area contributed by atoms with E-state index in [0.717, 1.165) is 11.1 Å². The van der Waals surface area contributed by atoms with Crippen molar-refractivity contribution < 1.29 is 22.7 Å². The summed E-state index contributed by atoms with van der Waals surface area (Å²) in [5.74, 6) is 1.10. The Bertz CT molecular complexity index is 957. The van der Waals surface area contributed by atoms with E-state index in [4.69, 9.17) is 9.47 Å². The summed E-state index contributed by atoms with van der Waals surface area (Å²) in [6, 6.07) is 10.6. The zero-order valence-corrected chi connectivity index (χ0v) is 16.1. The van der Waals surface area contributed by atoms with E-state index in [0.29, 0.717) is 23.6 Å². The maximum absolute atomic E-state index is 12.4. The Morgan fingerprint density at radius 2 is 1.85 bits per heavy atom. The highest BCUT2D eigenvalue weighted by Crippen LogP contribution is 2.32. The molecule has 7 nitrogen and oxygen atoms in total. The molecule has 3 rings (SSSR count). The molecular formula is C19H22N2O5S. The molecule has 0 fully saturated rings. The van der Waals surface area contributed by atoms with Crippen LogP contribution in [-0.2, 0) is 21.4 Å². The number of aryl methyl sites for hydroxylation is 2. The van der Waals surface area contributed by atoms with Gasteiger partial charge in [-0.3, -0.25) is 4.79 Å². The summed E-state index contributed by atoms with van der Waals surface area (Å²) in [7, 11) is -3.64. The number of sulfonamides is 1.